The topological polar surface area (TPSA) is 38.5 Å². The van der Waals surface area contributed by atoms with Gasteiger partial charge in [-0.05, 0) is 37.5 Å². The Labute approximate surface area is 106 Å². The highest BCUT2D eigenvalue weighted by Crippen LogP contribution is 2.40. The van der Waals surface area contributed by atoms with Crippen molar-refractivity contribution in [3.05, 3.63) is 0 Å². The van der Waals surface area contributed by atoms with Crippen molar-refractivity contribution in [1.29, 1.82) is 0 Å². The molecule has 3 unspecified atom stereocenters. The first-order chi connectivity index (χ1) is 8.09. The van der Waals surface area contributed by atoms with Crippen LogP contribution >= 0.6 is 0 Å². The van der Waals surface area contributed by atoms with E-state index in [-0.39, 0.29) is 5.54 Å². The maximum Gasteiger partial charge on any atom is 0.0710 e. The zero-order valence-electron chi connectivity index (χ0n) is 11.6. The molecule has 100 valence electrons. The Morgan fingerprint density at radius 2 is 1.94 bits per heavy atom. The fraction of sp³-hybridized carbons (Fsp3) is 1.00. The van der Waals surface area contributed by atoms with Gasteiger partial charge in [-0.15, -0.1) is 0 Å². The lowest BCUT2D eigenvalue weighted by Gasteiger charge is -2.48. The fourth-order valence-corrected chi connectivity index (χ4v) is 4.14. The minimum absolute atomic E-state index is 0.254. The summed E-state index contributed by atoms with van der Waals surface area (Å²) >= 11 is 0. The first-order valence-corrected chi connectivity index (χ1v) is 7.07. The highest BCUT2D eigenvalue weighted by Gasteiger charge is 2.44. The third-order valence-corrected chi connectivity index (χ3v) is 4.79. The van der Waals surface area contributed by atoms with Crippen LogP contribution in [-0.4, -0.2) is 43.3 Å². The summed E-state index contributed by atoms with van der Waals surface area (Å²) in [4.78, 5) is 2.62. The number of nitrogens with two attached hydrogens (primary N) is 1. The average Bonchev–Trinajstić information content (AvgIpc) is 2.76. The van der Waals surface area contributed by atoms with Crippen LogP contribution in [0.1, 0.15) is 39.5 Å². The van der Waals surface area contributed by atoms with Gasteiger partial charge < -0.3 is 10.5 Å². The van der Waals surface area contributed by atoms with Gasteiger partial charge in [-0.1, -0.05) is 13.8 Å². The van der Waals surface area contributed by atoms with Crippen LogP contribution in [-0.2, 0) is 4.74 Å². The van der Waals surface area contributed by atoms with Crippen molar-refractivity contribution in [2.75, 3.05) is 26.7 Å². The van der Waals surface area contributed by atoms with Crippen LogP contribution in [0.3, 0.4) is 0 Å². The lowest BCUT2D eigenvalue weighted by Crippen LogP contribution is -2.56. The quantitative estimate of drug-likeness (QED) is 0.818. The van der Waals surface area contributed by atoms with Crippen LogP contribution < -0.4 is 5.73 Å². The van der Waals surface area contributed by atoms with Crippen molar-refractivity contribution in [2.45, 2.75) is 51.2 Å². The normalized spacial score (nSPS) is 44.1. The van der Waals surface area contributed by atoms with Gasteiger partial charge in [0.25, 0.3) is 0 Å². The van der Waals surface area contributed by atoms with Gasteiger partial charge >= 0.3 is 0 Å². The summed E-state index contributed by atoms with van der Waals surface area (Å²) in [6.45, 7) is 7.80. The Balaban J connectivity index is 2.08. The molecule has 0 spiro atoms. The highest BCUT2D eigenvalue weighted by atomic mass is 16.5. The number of hydrogen-bond acceptors (Lipinski definition) is 3. The third kappa shape index (κ3) is 2.67. The van der Waals surface area contributed by atoms with E-state index in [1.807, 2.05) is 7.11 Å². The third-order valence-electron chi connectivity index (χ3n) is 4.79. The van der Waals surface area contributed by atoms with Gasteiger partial charge in [0.1, 0.15) is 0 Å². The second kappa shape index (κ2) is 5.25. The fourth-order valence-electron chi connectivity index (χ4n) is 4.14. The molecular weight excluding hydrogens is 212 g/mol. The van der Waals surface area contributed by atoms with Crippen molar-refractivity contribution in [3.63, 3.8) is 0 Å². The number of hydrogen-bond donors (Lipinski definition) is 1. The summed E-state index contributed by atoms with van der Waals surface area (Å²) in [5.74, 6) is 1.62. The van der Waals surface area contributed by atoms with Gasteiger partial charge in [0.2, 0.25) is 0 Å². The average molecular weight is 240 g/mol. The summed E-state index contributed by atoms with van der Waals surface area (Å²) in [5.41, 5.74) is 6.40. The molecule has 0 amide bonds. The molecular formula is C14H28N2O. The van der Waals surface area contributed by atoms with Gasteiger partial charge in [0.15, 0.2) is 0 Å². The molecule has 1 aliphatic carbocycles. The predicted molar refractivity (Wildman–Crippen MR) is 71.0 cm³/mol. The molecule has 0 bridgehead atoms. The Morgan fingerprint density at radius 3 is 2.41 bits per heavy atom. The molecule has 1 saturated carbocycles. The van der Waals surface area contributed by atoms with E-state index < -0.39 is 0 Å². The van der Waals surface area contributed by atoms with Crippen LogP contribution in [0.5, 0.6) is 0 Å². The Bertz CT molecular complexity index is 247. The van der Waals surface area contributed by atoms with E-state index in [1.165, 1.54) is 25.7 Å². The SMILES string of the molecule is COC1CCN(C2(CN)CC(C)CC(C)C2)C1. The molecule has 1 saturated heterocycles. The molecule has 3 heteroatoms. The Morgan fingerprint density at radius 1 is 1.29 bits per heavy atom. The summed E-state index contributed by atoms with van der Waals surface area (Å²) < 4.78 is 5.49. The maximum absolute atomic E-state index is 6.15. The highest BCUT2D eigenvalue weighted by molar-refractivity contribution is 5.00. The molecule has 1 aliphatic heterocycles. The largest absolute Gasteiger partial charge is 0.380 e. The van der Waals surface area contributed by atoms with E-state index in [0.29, 0.717) is 6.10 Å². The minimum atomic E-state index is 0.254. The van der Waals surface area contributed by atoms with Crippen molar-refractivity contribution < 1.29 is 4.74 Å². The van der Waals surface area contributed by atoms with Crippen LogP contribution in [0.2, 0.25) is 0 Å². The first kappa shape index (κ1) is 13.3. The van der Waals surface area contributed by atoms with Gasteiger partial charge in [-0.25, -0.2) is 0 Å². The van der Waals surface area contributed by atoms with Crippen LogP contribution in [0.25, 0.3) is 0 Å². The number of likely N-dealkylation sites (tertiary alicyclic amines) is 1. The lowest BCUT2D eigenvalue weighted by molar-refractivity contribution is 0.0212. The molecule has 2 N–H and O–H groups in total. The standard InChI is InChI=1S/C14H28N2O/c1-11-6-12(2)8-14(7-11,10-15)16-5-4-13(9-16)17-3/h11-13H,4-10,15H2,1-3H3. The zero-order chi connectivity index (χ0) is 12.5. The number of rotatable bonds is 3. The summed E-state index contributed by atoms with van der Waals surface area (Å²) in [6.07, 6.45) is 5.49. The van der Waals surface area contributed by atoms with E-state index in [4.69, 9.17) is 10.5 Å². The molecule has 17 heavy (non-hydrogen) atoms. The van der Waals surface area contributed by atoms with Gasteiger partial charge in [0.05, 0.1) is 6.10 Å². The Hall–Kier alpha value is -0.120. The molecule has 1 heterocycles. The minimum Gasteiger partial charge on any atom is -0.380 e. The predicted octanol–water partition coefficient (Wildman–Crippen LogP) is 1.86. The number of nitrogens with zero attached hydrogens (tertiary/aromatic N) is 1. The first-order valence-electron chi connectivity index (χ1n) is 7.07. The van der Waals surface area contributed by atoms with E-state index >= 15 is 0 Å². The number of ether oxygens (including phenoxy) is 1. The molecule has 3 atom stereocenters. The van der Waals surface area contributed by atoms with Crippen LogP contribution in [0.4, 0.5) is 0 Å². The smallest absolute Gasteiger partial charge is 0.0710 e. The molecule has 3 nitrogen and oxygen atoms in total. The van der Waals surface area contributed by atoms with Crippen LogP contribution in [0.15, 0.2) is 0 Å². The van der Waals surface area contributed by atoms with Crippen molar-refractivity contribution >= 4 is 0 Å². The molecule has 0 aromatic rings. The number of methoxy groups -OCH3 is 1. The van der Waals surface area contributed by atoms with Gasteiger partial charge in [-0.3, -0.25) is 4.90 Å². The molecule has 0 aromatic heterocycles. The van der Waals surface area contributed by atoms with Crippen LogP contribution in [0, 0.1) is 11.8 Å². The summed E-state index contributed by atoms with van der Waals surface area (Å²) in [7, 11) is 1.83. The second-order valence-corrected chi connectivity index (χ2v) is 6.38. The van der Waals surface area contributed by atoms with E-state index in [1.54, 1.807) is 0 Å². The second-order valence-electron chi connectivity index (χ2n) is 6.38. The molecule has 2 rings (SSSR count). The maximum atomic E-state index is 6.15. The van der Waals surface area contributed by atoms with E-state index in [2.05, 4.69) is 18.7 Å². The lowest BCUT2D eigenvalue weighted by atomic mass is 9.71. The van der Waals surface area contributed by atoms with Crippen molar-refractivity contribution in [2.24, 2.45) is 17.6 Å². The molecule has 0 aromatic carbocycles. The summed E-state index contributed by atoms with van der Waals surface area (Å²) in [6, 6.07) is 0. The Kier molecular flexibility index (Phi) is 4.11. The van der Waals surface area contributed by atoms with Gasteiger partial charge in [-0.2, -0.15) is 0 Å². The zero-order valence-corrected chi connectivity index (χ0v) is 11.6. The van der Waals surface area contributed by atoms with Crippen molar-refractivity contribution in [1.82, 2.24) is 4.90 Å². The van der Waals surface area contributed by atoms with Crippen molar-refractivity contribution in [3.8, 4) is 0 Å². The van der Waals surface area contributed by atoms with E-state index in [9.17, 15) is 0 Å². The van der Waals surface area contributed by atoms with Gasteiger partial charge in [0, 0.05) is 32.3 Å². The molecule has 0 radical (unpaired) electrons. The van der Waals surface area contributed by atoms with E-state index in [0.717, 1.165) is 31.5 Å². The molecule has 2 fully saturated rings. The summed E-state index contributed by atoms with van der Waals surface area (Å²) in [5, 5.41) is 0. The molecule has 2 aliphatic rings. The monoisotopic (exact) mass is 240 g/mol.